The van der Waals surface area contributed by atoms with Gasteiger partial charge in [-0.3, -0.25) is 14.2 Å². The lowest BCUT2D eigenvalue weighted by Crippen LogP contribution is -2.32. The van der Waals surface area contributed by atoms with E-state index in [0.717, 1.165) is 23.9 Å². The maximum Gasteiger partial charge on any atom is 0.224 e. The highest BCUT2D eigenvalue weighted by Crippen LogP contribution is 2.12. The van der Waals surface area contributed by atoms with Crippen molar-refractivity contribution in [3.05, 3.63) is 43.1 Å². The first kappa shape index (κ1) is 15.2. The monoisotopic (exact) mass is 312 g/mol. The number of aryl methyl sites for hydroxylation is 1. The van der Waals surface area contributed by atoms with E-state index in [1.807, 2.05) is 36.0 Å². The Labute approximate surface area is 134 Å². The number of rotatable bonds is 7. The molecule has 23 heavy (non-hydrogen) atoms. The summed E-state index contributed by atoms with van der Waals surface area (Å²) in [7, 11) is 0. The Balaban J connectivity index is 1.43. The molecule has 0 saturated carbocycles. The fourth-order valence-electron chi connectivity index (χ4n) is 2.51. The summed E-state index contributed by atoms with van der Waals surface area (Å²) < 4.78 is 3.64. The molecule has 1 amide bonds. The van der Waals surface area contributed by atoms with Gasteiger partial charge in [0.1, 0.15) is 12.7 Å². The summed E-state index contributed by atoms with van der Waals surface area (Å²) in [5.74, 6) is -0.104. The zero-order valence-electron chi connectivity index (χ0n) is 13.1. The maximum absolute atomic E-state index is 12.0. The molecule has 2 heterocycles. The molecule has 7 heteroatoms. The van der Waals surface area contributed by atoms with Crippen LogP contribution < -0.4 is 5.32 Å². The summed E-state index contributed by atoms with van der Waals surface area (Å²) in [4.78, 5) is 15.9. The molecular formula is C16H20N6O. The van der Waals surface area contributed by atoms with E-state index < -0.39 is 0 Å². The molecule has 0 fully saturated rings. The van der Waals surface area contributed by atoms with Crippen LogP contribution in [0.25, 0.3) is 10.9 Å². The van der Waals surface area contributed by atoms with E-state index in [-0.39, 0.29) is 11.8 Å². The second-order valence-corrected chi connectivity index (χ2v) is 5.59. The number of aromatic nitrogens is 5. The van der Waals surface area contributed by atoms with Gasteiger partial charge in [-0.25, -0.2) is 4.98 Å². The topological polar surface area (TPSA) is 77.6 Å². The first-order valence-corrected chi connectivity index (χ1v) is 7.75. The molecule has 0 spiro atoms. The van der Waals surface area contributed by atoms with Crippen LogP contribution >= 0.6 is 0 Å². The molecule has 1 aromatic carbocycles. The van der Waals surface area contributed by atoms with Gasteiger partial charge >= 0.3 is 0 Å². The number of amides is 1. The SMILES string of the molecule is CC(Cn1cncn1)C(=O)NCCCn1ncc2ccccc21. The van der Waals surface area contributed by atoms with Crippen molar-refractivity contribution in [1.82, 2.24) is 29.9 Å². The van der Waals surface area contributed by atoms with Crippen LogP contribution in [-0.4, -0.2) is 37.0 Å². The van der Waals surface area contributed by atoms with Gasteiger partial charge < -0.3 is 5.32 Å². The number of carbonyl (C=O) groups excluding carboxylic acids is 1. The maximum atomic E-state index is 12.0. The molecule has 0 aliphatic rings. The van der Waals surface area contributed by atoms with E-state index in [1.165, 1.54) is 6.33 Å². The second-order valence-electron chi connectivity index (χ2n) is 5.59. The average Bonchev–Trinajstić information content (AvgIpc) is 3.21. The van der Waals surface area contributed by atoms with Crippen LogP contribution in [0.2, 0.25) is 0 Å². The number of carbonyl (C=O) groups is 1. The third kappa shape index (κ3) is 3.74. The van der Waals surface area contributed by atoms with Crippen LogP contribution in [0.5, 0.6) is 0 Å². The Bertz CT molecular complexity index is 764. The summed E-state index contributed by atoms with van der Waals surface area (Å²) in [6.45, 7) is 3.84. The Morgan fingerprint density at radius 2 is 2.17 bits per heavy atom. The molecule has 0 saturated heterocycles. The lowest BCUT2D eigenvalue weighted by Gasteiger charge is -2.12. The first-order valence-electron chi connectivity index (χ1n) is 7.75. The largest absolute Gasteiger partial charge is 0.356 e. The second kappa shape index (κ2) is 7.04. The van der Waals surface area contributed by atoms with E-state index in [4.69, 9.17) is 0 Å². The smallest absolute Gasteiger partial charge is 0.224 e. The highest BCUT2D eigenvalue weighted by atomic mass is 16.1. The van der Waals surface area contributed by atoms with E-state index in [0.29, 0.717) is 13.1 Å². The van der Waals surface area contributed by atoms with Gasteiger partial charge in [-0.1, -0.05) is 25.1 Å². The van der Waals surface area contributed by atoms with Gasteiger partial charge in [0.25, 0.3) is 0 Å². The van der Waals surface area contributed by atoms with Crippen molar-refractivity contribution in [2.24, 2.45) is 5.92 Å². The summed E-state index contributed by atoms with van der Waals surface area (Å²) in [6, 6.07) is 8.12. The van der Waals surface area contributed by atoms with Crippen molar-refractivity contribution in [3.63, 3.8) is 0 Å². The summed E-state index contributed by atoms with van der Waals surface area (Å²) in [6.07, 6.45) is 5.80. The van der Waals surface area contributed by atoms with Crippen LogP contribution in [0.1, 0.15) is 13.3 Å². The van der Waals surface area contributed by atoms with Crippen molar-refractivity contribution in [3.8, 4) is 0 Å². The van der Waals surface area contributed by atoms with Crippen molar-refractivity contribution < 1.29 is 4.79 Å². The van der Waals surface area contributed by atoms with E-state index in [2.05, 4.69) is 26.6 Å². The van der Waals surface area contributed by atoms with Gasteiger partial charge in [-0.2, -0.15) is 10.2 Å². The Morgan fingerprint density at radius 1 is 1.30 bits per heavy atom. The van der Waals surface area contributed by atoms with Crippen LogP contribution in [0.15, 0.2) is 43.1 Å². The number of benzene rings is 1. The summed E-state index contributed by atoms with van der Waals surface area (Å²) in [5.41, 5.74) is 1.12. The third-order valence-corrected chi connectivity index (χ3v) is 3.77. The molecule has 7 nitrogen and oxygen atoms in total. The Kier molecular flexibility index (Phi) is 4.65. The van der Waals surface area contributed by atoms with Crippen LogP contribution in [0.4, 0.5) is 0 Å². The lowest BCUT2D eigenvalue weighted by molar-refractivity contribution is -0.124. The Morgan fingerprint density at radius 3 is 3.00 bits per heavy atom. The number of hydrogen-bond acceptors (Lipinski definition) is 4. The molecule has 1 N–H and O–H groups in total. The van der Waals surface area contributed by atoms with Gasteiger partial charge in [0.15, 0.2) is 0 Å². The highest BCUT2D eigenvalue weighted by molar-refractivity contribution is 5.78. The number of hydrogen-bond donors (Lipinski definition) is 1. The van der Waals surface area contributed by atoms with Crippen molar-refractivity contribution >= 4 is 16.8 Å². The number of fused-ring (bicyclic) bond motifs is 1. The normalized spacial score (nSPS) is 12.4. The quantitative estimate of drug-likeness (QED) is 0.670. The Hall–Kier alpha value is -2.70. The molecule has 0 bridgehead atoms. The zero-order chi connectivity index (χ0) is 16.1. The molecule has 3 rings (SSSR count). The van der Waals surface area contributed by atoms with Gasteiger partial charge in [-0.05, 0) is 12.5 Å². The van der Waals surface area contributed by atoms with Gasteiger partial charge in [0.05, 0.1) is 24.2 Å². The van der Waals surface area contributed by atoms with E-state index in [1.54, 1.807) is 11.0 Å². The molecule has 2 aromatic heterocycles. The predicted molar refractivity (Wildman–Crippen MR) is 86.5 cm³/mol. The lowest BCUT2D eigenvalue weighted by atomic mass is 10.1. The number of para-hydroxylation sites is 1. The van der Waals surface area contributed by atoms with Gasteiger partial charge in [-0.15, -0.1) is 0 Å². The minimum Gasteiger partial charge on any atom is -0.356 e. The molecule has 0 aliphatic heterocycles. The highest BCUT2D eigenvalue weighted by Gasteiger charge is 2.13. The van der Waals surface area contributed by atoms with Gasteiger partial charge in [0.2, 0.25) is 5.91 Å². The third-order valence-electron chi connectivity index (χ3n) is 3.77. The van der Waals surface area contributed by atoms with E-state index in [9.17, 15) is 4.79 Å². The van der Waals surface area contributed by atoms with Crippen LogP contribution in [0, 0.1) is 5.92 Å². The molecule has 0 aliphatic carbocycles. The van der Waals surface area contributed by atoms with Crippen molar-refractivity contribution in [1.29, 1.82) is 0 Å². The predicted octanol–water partition coefficient (Wildman–Crippen LogP) is 1.47. The van der Waals surface area contributed by atoms with Crippen LogP contribution in [-0.2, 0) is 17.9 Å². The fourth-order valence-corrected chi connectivity index (χ4v) is 2.51. The van der Waals surface area contributed by atoms with Crippen molar-refractivity contribution in [2.75, 3.05) is 6.54 Å². The number of nitrogens with one attached hydrogen (secondary N) is 1. The van der Waals surface area contributed by atoms with Crippen LogP contribution in [0.3, 0.4) is 0 Å². The molecule has 3 aromatic rings. The molecule has 1 atom stereocenters. The summed E-state index contributed by atoms with van der Waals surface area (Å²) in [5, 5.41) is 12.5. The van der Waals surface area contributed by atoms with E-state index >= 15 is 0 Å². The summed E-state index contributed by atoms with van der Waals surface area (Å²) >= 11 is 0. The minimum absolute atomic E-state index is 0.0332. The molecular weight excluding hydrogens is 292 g/mol. The van der Waals surface area contributed by atoms with Gasteiger partial charge in [0, 0.05) is 18.5 Å². The minimum atomic E-state index is -0.137. The van der Waals surface area contributed by atoms with Crippen molar-refractivity contribution in [2.45, 2.75) is 26.4 Å². The molecule has 0 radical (unpaired) electrons. The standard InChI is InChI=1S/C16H20N6O/c1-13(10-21-12-17-11-20-21)16(23)18-7-4-8-22-15-6-3-2-5-14(15)9-19-22/h2-3,5-6,9,11-13H,4,7-8,10H2,1H3,(H,18,23). The molecule has 120 valence electrons. The molecule has 1 unspecified atom stereocenters. The number of nitrogens with zero attached hydrogens (tertiary/aromatic N) is 5. The average molecular weight is 312 g/mol. The zero-order valence-corrected chi connectivity index (χ0v) is 13.1. The fraction of sp³-hybridized carbons (Fsp3) is 0.375. The first-order chi connectivity index (χ1) is 11.2.